The summed E-state index contributed by atoms with van der Waals surface area (Å²) in [6.45, 7) is 11.0. The maximum absolute atomic E-state index is 6.06. The van der Waals surface area contributed by atoms with Gasteiger partial charge in [0.2, 0.25) is 0 Å². The van der Waals surface area contributed by atoms with Gasteiger partial charge in [-0.15, -0.1) is 0 Å². The van der Waals surface area contributed by atoms with Gasteiger partial charge in [0.1, 0.15) is 0 Å². The Morgan fingerprint density at radius 3 is 1.85 bits per heavy atom. The summed E-state index contributed by atoms with van der Waals surface area (Å²) in [7, 11) is 0. The molecule has 0 aliphatic heterocycles. The molecule has 0 heterocycles. The van der Waals surface area contributed by atoms with Gasteiger partial charge in [-0.05, 0) is 0 Å². The van der Waals surface area contributed by atoms with Crippen LogP contribution in [0.15, 0.2) is 40.0 Å². The normalized spacial score (nSPS) is 12.5. The Labute approximate surface area is 173 Å². The standard InChI is InChI=1S/C13H17O.3C4H9.Sn/c1-2-3-4-8-11-14-12-13-9-6-5-7-10-13;3*1-3-4-2;/h5-10H,2-3,11-12H2,1H3;3*1,3-4H2,2H3;. The fourth-order valence-corrected chi connectivity index (χ4v) is 21.6. The summed E-state index contributed by atoms with van der Waals surface area (Å²) >= 11 is -2.26. The second kappa shape index (κ2) is 15.6. The molecule has 0 amide bonds. The SMILES string of the molecule is CCC[CH2][Sn]([CH2]CCC)([CH2]CCC)/[C](=C/COCc1ccccc1)CCC. The van der Waals surface area contributed by atoms with E-state index >= 15 is 0 Å². The van der Waals surface area contributed by atoms with E-state index in [1.165, 1.54) is 56.9 Å². The minimum atomic E-state index is -2.26. The zero-order valence-electron chi connectivity index (χ0n) is 18.6. The average molecular weight is 479 g/mol. The van der Waals surface area contributed by atoms with Crippen LogP contribution in [0.25, 0.3) is 0 Å². The number of rotatable bonds is 16. The Bertz CT molecular complexity index is 473. The molecule has 0 unspecified atom stereocenters. The van der Waals surface area contributed by atoms with Crippen LogP contribution in [0.4, 0.5) is 0 Å². The van der Waals surface area contributed by atoms with E-state index in [-0.39, 0.29) is 0 Å². The number of benzene rings is 1. The van der Waals surface area contributed by atoms with Gasteiger partial charge in [0, 0.05) is 0 Å². The van der Waals surface area contributed by atoms with Crippen LogP contribution in [0, 0.1) is 0 Å². The molecule has 0 spiro atoms. The van der Waals surface area contributed by atoms with E-state index in [1.807, 2.05) is 3.59 Å². The summed E-state index contributed by atoms with van der Waals surface area (Å²) < 4.78 is 12.7. The number of allylic oxidation sites excluding steroid dienone is 1. The molecule has 0 bridgehead atoms. The Kier molecular flexibility index (Phi) is 14.3. The molecule has 0 atom stereocenters. The van der Waals surface area contributed by atoms with Crippen molar-refractivity contribution in [2.24, 2.45) is 0 Å². The number of hydrogen-bond donors (Lipinski definition) is 0. The second-order valence-corrected chi connectivity index (χ2v) is 21.5. The van der Waals surface area contributed by atoms with Gasteiger partial charge in [-0.1, -0.05) is 0 Å². The van der Waals surface area contributed by atoms with Gasteiger partial charge >= 0.3 is 174 Å². The van der Waals surface area contributed by atoms with E-state index in [2.05, 4.69) is 64.1 Å². The Hall–Kier alpha value is -0.281. The molecule has 0 aliphatic carbocycles. The van der Waals surface area contributed by atoms with Crippen molar-refractivity contribution < 1.29 is 4.74 Å². The minimum absolute atomic E-state index is 0.734. The molecule has 0 saturated carbocycles. The van der Waals surface area contributed by atoms with E-state index < -0.39 is 18.4 Å². The van der Waals surface area contributed by atoms with E-state index in [0.29, 0.717) is 0 Å². The van der Waals surface area contributed by atoms with Crippen LogP contribution in [-0.2, 0) is 11.3 Å². The van der Waals surface area contributed by atoms with Crippen molar-refractivity contribution in [2.45, 2.75) is 99.0 Å². The number of hydrogen-bond acceptors (Lipinski definition) is 1. The molecule has 1 aromatic carbocycles. The molecule has 0 fully saturated rings. The molecule has 0 aromatic heterocycles. The molecular weight excluding hydrogens is 435 g/mol. The molecule has 1 nitrogen and oxygen atoms in total. The fraction of sp³-hybridized carbons (Fsp3) is 0.680. The quantitative estimate of drug-likeness (QED) is 0.171. The zero-order valence-corrected chi connectivity index (χ0v) is 21.4. The van der Waals surface area contributed by atoms with Gasteiger partial charge in [-0.2, -0.15) is 0 Å². The van der Waals surface area contributed by atoms with Crippen LogP contribution in [0.1, 0.15) is 84.6 Å². The van der Waals surface area contributed by atoms with E-state index in [0.717, 1.165) is 13.2 Å². The molecular formula is C25H44OSn. The zero-order chi connectivity index (χ0) is 19.8. The predicted octanol–water partition coefficient (Wildman–Crippen LogP) is 8.32. The van der Waals surface area contributed by atoms with Crippen molar-refractivity contribution in [3.05, 3.63) is 45.6 Å². The summed E-state index contributed by atoms with van der Waals surface area (Å²) in [6, 6.07) is 10.6. The van der Waals surface area contributed by atoms with Crippen LogP contribution in [0.5, 0.6) is 0 Å². The van der Waals surface area contributed by atoms with Gasteiger partial charge in [0.05, 0.1) is 0 Å². The maximum atomic E-state index is 6.06. The predicted molar refractivity (Wildman–Crippen MR) is 124 cm³/mol. The third kappa shape index (κ3) is 9.65. The first-order valence-electron chi connectivity index (χ1n) is 11.5. The van der Waals surface area contributed by atoms with Crippen molar-refractivity contribution in [1.82, 2.24) is 0 Å². The first kappa shape index (κ1) is 24.8. The van der Waals surface area contributed by atoms with Crippen molar-refractivity contribution in [1.29, 1.82) is 0 Å². The fourth-order valence-electron chi connectivity index (χ4n) is 4.17. The van der Waals surface area contributed by atoms with Crippen molar-refractivity contribution in [3.63, 3.8) is 0 Å². The van der Waals surface area contributed by atoms with E-state index in [1.54, 1.807) is 13.3 Å². The average Bonchev–Trinajstić information content (AvgIpc) is 2.71. The Balaban J connectivity index is 2.88. The molecule has 154 valence electrons. The van der Waals surface area contributed by atoms with Crippen molar-refractivity contribution >= 4 is 18.4 Å². The third-order valence-electron chi connectivity index (χ3n) is 5.79. The molecule has 27 heavy (non-hydrogen) atoms. The van der Waals surface area contributed by atoms with E-state index in [9.17, 15) is 0 Å². The molecule has 1 rings (SSSR count). The number of unbranched alkanes of at least 4 members (excludes halogenated alkanes) is 3. The van der Waals surface area contributed by atoms with Gasteiger partial charge in [-0.25, -0.2) is 0 Å². The summed E-state index contributed by atoms with van der Waals surface area (Å²) in [5.74, 6) is 0. The van der Waals surface area contributed by atoms with Crippen LogP contribution >= 0.6 is 0 Å². The molecule has 1 aromatic rings. The first-order chi connectivity index (χ1) is 13.2. The van der Waals surface area contributed by atoms with Gasteiger partial charge in [0.25, 0.3) is 0 Å². The Morgan fingerprint density at radius 1 is 0.815 bits per heavy atom. The monoisotopic (exact) mass is 480 g/mol. The Morgan fingerprint density at radius 2 is 1.37 bits per heavy atom. The van der Waals surface area contributed by atoms with Gasteiger partial charge in [-0.3, -0.25) is 0 Å². The van der Waals surface area contributed by atoms with E-state index in [4.69, 9.17) is 4.74 Å². The topological polar surface area (TPSA) is 9.23 Å². The van der Waals surface area contributed by atoms with Crippen molar-refractivity contribution in [3.8, 4) is 0 Å². The molecule has 2 heteroatoms. The molecule has 0 aliphatic rings. The van der Waals surface area contributed by atoms with Crippen molar-refractivity contribution in [2.75, 3.05) is 6.61 Å². The molecule has 0 N–H and O–H groups in total. The van der Waals surface area contributed by atoms with Gasteiger partial charge < -0.3 is 0 Å². The van der Waals surface area contributed by atoms with Crippen LogP contribution in [-0.4, -0.2) is 25.0 Å². The summed E-state index contributed by atoms with van der Waals surface area (Å²) in [5.41, 5.74) is 1.28. The number of ether oxygens (including phenoxy) is 1. The van der Waals surface area contributed by atoms with Gasteiger partial charge in [0.15, 0.2) is 0 Å². The van der Waals surface area contributed by atoms with Crippen LogP contribution < -0.4 is 0 Å². The van der Waals surface area contributed by atoms with Crippen LogP contribution in [0.2, 0.25) is 13.3 Å². The summed E-state index contributed by atoms with van der Waals surface area (Å²) in [6.07, 6.45) is 13.5. The summed E-state index contributed by atoms with van der Waals surface area (Å²) in [4.78, 5) is 0. The molecule has 0 radical (unpaired) electrons. The first-order valence-corrected chi connectivity index (χ1v) is 19.0. The molecule has 0 saturated heterocycles. The summed E-state index contributed by atoms with van der Waals surface area (Å²) in [5, 5.41) is 0. The van der Waals surface area contributed by atoms with Crippen LogP contribution in [0.3, 0.4) is 0 Å². The third-order valence-corrected chi connectivity index (χ3v) is 22.2. The second-order valence-electron chi connectivity index (χ2n) is 8.07.